The fourth-order valence-electron chi connectivity index (χ4n) is 3.41. The Bertz CT molecular complexity index is 664. The molecular weight excluding hydrogens is 357 g/mol. The van der Waals surface area contributed by atoms with Crippen LogP contribution < -0.4 is 5.32 Å². The summed E-state index contributed by atoms with van der Waals surface area (Å²) in [7, 11) is 1.44. The van der Waals surface area contributed by atoms with Crippen LogP contribution in [0.3, 0.4) is 0 Å². The zero-order valence-corrected chi connectivity index (χ0v) is 15.4. The van der Waals surface area contributed by atoms with E-state index >= 15 is 0 Å². The first-order valence-electron chi connectivity index (χ1n) is 9.03. The summed E-state index contributed by atoms with van der Waals surface area (Å²) in [5.41, 5.74) is -0.424. The highest BCUT2D eigenvalue weighted by Gasteiger charge is 2.32. The number of rotatable bonds is 6. The molecule has 27 heavy (non-hydrogen) atoms. The van der Waals surface area contributed by atoms with Crippen molar-refractivity contribution in [3.05, 3.63) is 35.4 Å². The van der Waals surface area contributed by atoms with Crippen molar-refractivity contribution in [3.8, 4) is 12.3 Å². The minimum absolute atomic E-state index is 0.0551. The number of terminal acetylenes is 1. The average Bonchev–Trinajstić information content (AvgIpc) is 2.66. The molecule has 148 valence electrons. The van der Waals surface area contributed by atoms with Gasteiger partial charge in [-0.1, -0.05) is 37.3 Å². The van der Waals surface area contributed by atoms with Crippen molar-refractivity contribution in [3.63, 3.8) is 0 Å². The van der Waals surface area contributed by atoms with Crippen LogP contribution in [0.2, 0.25) is 0 Å². The Kier molecular flexibility index (Phi) is 7.55. The number of halogens is 3. The minimum Gasteiger partial charge on any atom is -0.382 e. The van der Waals surface area contributed by atoms with Crippen molar-refractivity contribution in [2.75, 3.05) is 20.3 Å². The Hall–Kier alpha value is -2.20. The quantitative estimate of drug-likeness (QED) is 0.743. The molecule has 1 aliphatic carbocycles. The molecule has 0 radical (unpaired) electrons. The van der Waals surface area contributed by atoms with E-state index in [9.17, 15) is 18.0 Å². The first-order valence-corrected chi connectivity index (χ1v) is 9.03. The van der Waals surface area contributed by atoms with Gasteiger partial charge in [-0.25, -0.2) is 4.79 Å². The van der Waals surface area contributed by atoms with Gasteiger partial charge >= 0.3 is 12.2 Å². The highest BCUT2D eigenvalue weighted by molar-refractivity contribution is 5.75. The lowest BCUT2D eigenvalue weighted by molar-refractivity contribution is -0.137. The van der Waals surface area contributed by atoms with Crippen LogP contribution in [-0.2, 0) is 10.9 Å². The van der Waals surface area contributed by atoms with Crippen molar-refractivity contribution >= 4 is 6.03 Å². The molecule has 2 amide bonds. The minimum atomic E-state index is -4.45. The predicted molar refractivity (Wildman–Crippen MR) is 97.0 cm³/mol. The predicted octanol–water partition coefficient (Wildman–Crippen LogP) is 4.37. The van der Waals surface area contributed by atoms with Crippen LogP contribution in [0.1, 0.15) is 49.3 Å². The van der Waals surface area contributed by atoms with Gasteiger partial charge in [0.25, 0.3) is 0 Å². The second-order valence-electron chi connectivity index (χ2n) is 6.70. The standard InChI is InChI=1S/C20H25F3N2O2/c1-3-12-25(17-10-5-4-6-11-17)19(26)24-18(14-27-2)15-8-7-9-16(13-15)20(21,22)23/h1,7-9,13,17-18H,4-6,10-12,14H2,2H3,(H,24,26)/t18-/m1/s1. The molecule has 1 aromatic carbocycles. The SMILES string of the molecule is C#CCN(C(=O)N[C@H](COC)c1cccc(C(F)(F)F)c1)C1CCCCC1. The molecule has 2 rings (SSSR count). The van der Waals surface area contributed by atoms with Crippen molar-refractivity contribution in [2.45, 2.75) is 50.4 Å². The first kappa shape index (κ1) is 21.1. The van der Waals surface area contributed by atoms with E-state index in [1.54, 1.807) is 11.0 Å². The number of methoxy groups -OCH3 is 1. The molecule has 4 nitrogen and oxygen atoms in total. The Morgan fingerprint density at radius 2 is 2.07 bits per heavy atom. The van der Waals surface area contributed by atoms with E-state index in [1.807, 2.05) is 0 Å². The maximum Gasteiger partial charge on any atom is 0.416 e. The lowest BCUT2D eigenvalue weighted by Gasteiger charge is -2.34. The number of benzene rings is 1. The number of alkyl halides is 3. The van der Waals surface area contributed by atoms with Crippen LogP contribution in [0.25, 0.3) is 0 Å². The third-order valence-corrected chi connectivity index (χ3v) is 4.79. The summed E-state index contributed by atoms with van der Waals surface area (Å²) in [6.45, 7) is 0.223. The summed E-state index contributed by atoms with van der Waals surface area (Å²) in [5, 5.41) is 2.79. The van der Waals surface area contributed by atoms with Crippen molar-refractivity contribution in [1.82, 2.24) is 10.2 Å². The number of nitrogens with zero attached hydrogens (tertiary/aromatic N) is 1. The molecule has 0 spiro atoms. The van der Waals surface area contributed by atoms with Crippen LogP contribution in [0.4, 0.5) is 18.0 Å². The van der Waals surface area contributed by atoms with Crippen molar-refractivity contribution < 1.29 is 22.7 Å². The number of hydrogen-bond donors (Lipinski definition) is 1. The van der Waals surface area contributed by atoms with Crippen LogP contribution in [-0.4, -0.2) is 37.2 Å². The van der Waals surface area contributed by atoms with Gasteiger partial charge in [-0.05, 0) is 30.5 Å². The first-order chi connectivity index (χ1) is 12.9. The molecule has 1 fully saturated rings. The molecule has 1 aliphatic rings. The number of ether oxygens (including phenoxy) is 1. The third kappa shape index (κ3) is 5.90. The number of urea groups is 1. The Balaban J connectivity index is 2.18. The highest BCUT2D eigenvalue weighted by Crippen LogP contribution is 2.31. The normalized spacial score (nSPS) is 16.4. The maximum absolute atomic E-state index is 13.0. The van der Waals surface area contributed by atoms with Gasteiger partial charge < -0.3 is 15.0 Å². The van der Waals surface area contributed by atoms with Crippen LogP contribution in [0.15, 0.2) is 24.3 Å². The van der Waals surface area contributed by atoms with Gasteiger partial charge in [-0.2, -0.15) is 13.2 Å². The zero-order chi connectivity index (χ0) is 19.9. The average molecular weight is 382 g/mol. The summed E-state index contributed by atoms with van der Waals surface area (Å²) in [6.07, 6.45) is 5.95. The summed E-state index contributed by atoms with van der Waals surface area (Å²) >= 11 is 0. The number of hydrogen-bond acceptors (Lipinski definition) is 2. The summed E-state index contributed by atoms with van der Waals surface area (Å²) in [4.78, 5) is 14.4. The molecule has 1 N–H and O–H groups in total. The van der Waals surface area contributed by atoms with Gasteiger partial charge in [-0.15, -0.1) is 6.42 Å². The van der Waals surface area contributed by atoms with E-state index < -0.39 is 17.8 Å². The molecule has 0 aliphatic heterocycles. The van der Waals surface area contributed by atoms with Crippen molar-refractivity contribution in [2.24, 2.45) is 0 Å². The Morgan fingerprint density at radius 3 is 2.67 bits per heavy atom. The topological polar surface area (TPSA) is 41.6 Å². The molecule has 0 saturated heterocycles. The smallest absolute Gasteiger partial charge is 0.382 e. The summed E-state index contributed by atoms with van der Waals surface area (Å²) < 4.78 is 44.1. The molecule has 0 unspecified atom stereocenters. The fraction of sp³-hybridized carbons (Fsp3) is 0.550. The molecule has 0 heterocycles. The van der Waals surface area contributed by atoms with Crippen LogP contribution >= 0.6 is 0 Å². The van der Waals surface area contributed by atoms with Gasteiger partial charge in [0, 0.05) is 13.2 Å². The van der Waals surface area contributed by atoms with Gasteiger partial charge in [0.15, 0.2) is 0 Å². The maximum atomic E-state index is 13.0. The molecule has 0 aromatic heterocycles. The monoisotopic (exact) mass is 382 g/mol. The number of nitrogens with one attached hydrogen (secondary N) is 1. The number of amides is 2. The molecule has 1 saturated carbocycles. The molecule has 0 bridgehead atoms. The Morgan fingerprint density at radius 1 is 1.37 bits per heavy atom. The van der Waals surface area contributed by atoms with E-state index in [-0.39, 0.29) is 25.2 Å². The third-order valence-electron chi connectivity index (χ3n) is 4.79. The Labute approximate surface area is 158 Å². The molecule has 7 heteroatoms. The number of carbonyl (C=O) groups excluding carboxylic acids is 1. The van der Waals surface area contributed by atoms with Crippen molar-refractivity contribution in [1.29, 1.82) is 0 Å². The molecule has 1 atom stereocenters. The zero-order valence-electron chi connectivity index (χ0n) is 15.4. The van der Waals surface area contributed by atoms with E-state index in [1.165, 1.54) is 13.2 Å². The second-order valence-corrected chi connectivity index (χ2v) is 6.70. The summed E-state index contributed by atoms with van der Waals surface area (Å²) in [5.74, 6) is 2.51. The van der Waals surface area contributed by atoms with Gasteiger partial charge in [0.1, 0.15) is 0 Å². The summed E-state index contributed by atoms with van der Waals surface area (Å²) in [6, 6.07) is 3.89. The van der Waals surface area contributed by atoms with E-state index in [0.717, 1.165) is 44.2 Å². The van der Waals surface area contributed by atoms with Gasteiger partial charge in [0.2, 0.25) is 0 Å². The van der Waals surface area contributed by atoms with E-state index in [4.69, 9.17) is 11.2 Å². The van der Waals surface area contributed by atoms with Crippen LogP contribution in [0, 0.1) is 12.3 Å². The molecular formula is C20H25F3N2O2. The fourth-order valence-corrected chi connectivity index (χ4v) is 3.41. The lowest BCUT2D eigenvalue weighted by Crippen LogP contribution is -2.48. The molecule has 1 aromatic rings. The van der Waals surface area contributed by atoms with Crippen LogP contribution in [0.5, 0.6) is 0 Å². The highest BCUT2D eigenvalue weighted by atomic mass is 19.4. The largest absolute Gasteiger partial charge is 0.416 e. The van der Waals surface area contributed by atoms with Gasteiger partial charge in [0.05, 0.1) is 24.8 Å². The second kappa shape index (κ2) is 9.65. The van der Waals surface area contributed by atoms with E-state index in [0.29, 0.717) is 5.56 Å². The van der Waals surface area contributed by atoms with E-state index in [2.05, 4.69) is 11.2 Å². The number of carbonyl (C=O) groups is 1. The lowest BCUT2D eigenvalue weighted by atomic mass is 9.94. The van der Waals surface area contributed by atoms with Gasteiger partial charge in [-0.3, -0.25) is 0 Å².